The monoisotopic (exact) mass is 354 g/mol. The molecule has 7 heteroatoms. The summed E-state index contributed by atoms with van der Waals surface area (Å²) in [4.78, 5) is 1.39. The van der Waals surface area contributed by atoms with Gasteiger partial charge < -0.3 is 5.32 Å². The topological polar surface area (TPSA) is 49.4 Å². The molecule has 0 bridgehead atoms. The molecule has 0 unspecified atom stereocenters. The number of thiophene rings is 1. The molecule has 1 aromatic rings. The molecule has 0 spiro atoms. The molecule has 0 amide bonds. The summed E-state index contributed by atoms with van der Waals surface area (Å²) in [6.45, 7) is 6.04. The molecule has 0 aliphatic carbocycles. The molecular formula is C11H19BrN2O2S2. The van der Waals surface area contributed by atoms with Crippen molar-refractivity contribution >= 4 is 37.3 Å². The van der Waals surface area contributed by atoms with Gasteiger partial charge in [0.15, 0.2) is 0 Å². The fraction of sp³-hybridized carbons (Fsp3) is 0.636. The lowest BCUT2D eigenvalue weighted by Gasteiger charge is -2.13. The maximum atomic E-state index is 12.2. The molecule has 4 nitrogen and oxygen atoms in total. The molecular weight excluding hydrogens is 336 g/mol. The molecule has 1 rings (SSSR count). The zero-order valence-corrected chi connectivity index (χ0v) is 14.1. The molecule has 0 radical (unpaired) electrons. The minimum atomic E-state index is -3.36. The van der Waals surface area contributed by atoms with Crippen molar-refractivity contribution in [2.75, 3.05) is 20.1 Å². The van der Waals surface area contributed by atoms with Crippen molar-refractivity contribution in [1.82, 2.24) is 9.62 Å². The SMILES string of the molecule is CCCNCc1cc(S(=O)(=O)N(C)CC)c(Br)s1. The van der Waals surface area contributed by atoms with Gasteiger partial charge >= 0.3 is 0 Å². The van der Waals surface area contributed by atoms with Crippen LogP contribution in [0.5, 0.6) is 0 Å². The molecule has 104 valence electrons. The van der Waals surface area contributed by atoms with E-state index in [0.717, 1.165) is 17.8 Å². The molecule has 0 saturated heterocycles. The van der Waals surface area contributed by atoms with E-state index < -0.39 is 10.0 Å². The average Bonchev–Trinajstić information content (AvgIpc) is 2.70. The fourth-order valence-electron chi connectivity index (χ4n) is 1.39. The van der Waals surface area contributed by atoms with Gasteiger partial charge in [-0.15, -0.1) is 11.3 Å². The normalized spacial score (nSPS) is 12.3. The van der Waals surface area contributed by atoms with Crippen LogP contribution in [-0.4, -0.2) is 32.9 Å². The van der Waals surface area contributed by atoms with E-state index in [2.05, 4.69) is 28.2 Å². The Morgan fingerprint density at radius 2 is 2.11 bits per heavy atom. The molecule has 0 fully saturated rings. The van der Waals surface area contributed by atoms with Crippen molar-refractivity contribution < 1.29 is 8.42 Å². The summed E-state index contributed by atoms with van der Waals surface area (Å²) >= 11 is 4.81. The third-order valence-corrected chi connectivity index (χ3v) is 6.75. The zero-order chi connectivity index (χ0) is 13.8. The zero-order valence-electron chi connectivity index (χ0n) is 10.9. The van der Waals surface area contributed by atoms with E-state index in [1.165, 1.54) is 15.6 Å². The largest absolute Gasteiger partial charge is 0.312 e. The van der Waals surface area contributed by atoms with Crippen LogP contribution >= 0.6 is 27.3 Å². The quantitative estimate of drug-likeness (QED) is 0.765. The third kappa shape index (κ3) is 3.77. The van der Waals surface area contributed by atoms with Gasteiger partial charge in [0.1, 0.15) is 4.90 Å². The number of nitrogens with zero attached hydrogens (tertiary/aromatic N) is 1. The summed E-state index contributed by atoms with van der Waals surface area (Å²) in [7, 11) is -1.77. The lowest BCUT2D eigenvalue weighted by atomic mass is 10.4. The lowest BCUT2D eigenvalue weighted by Crippen LogP contribution is -2.26. The average molecular weight is 355 g/mol. The molecule has 0 aliphatic rings. The summed E-state index contributed by atoms with van der Waals surface area (Å²) in [5.41, 5.74) is 0. The van der Waals surface area contributed by atoms with Gasteiger partial charge in [-0.25, -0.2) is 12.7 Å². The second-order valence-electron chi connectivity index (χ2n) is 3.95. The number of rotatable bonds is 7. The van der Waals surface area contributed by atoms with Gasteiger partial charge in [0, 0.05) is 25.0 Å². The second-order valence-corrected chi connectivity index (χ2v) is 8.41. The molecule has 0 atom stereocenters. The van der Waals surface area contributed by atoms with Gasteiger partial charge in [0.25, 0.3) is 0 Å². The van der Waals surface area contributed by atoms with Crippen molar-refractivity contribution in [3.63, 3.8) is 0 Å². The Labute approximate surface area is 122 Å². The van der Waals surface area contributed by atoms with Crippen molar-refractivity contribution in [1.29, 1.82) is 0 Å². The van der Waals surface area contributed by atoms with Gasteiger partial charge in [0.05, 0.1) is 3.79 Å². The first-order valence-corrected chi connectivity index (χ1v) is 8.93. The number of halogens is 1. The van der Waals surface area contributed by atoms with E-state index in [0.29, 0.717) is 21.8 Å². The first kappa shape index (κ1) is 16.1. The van der Waals surface area contributed by atoms with Crippen molar-refractivity contribution in [2.24, 2.45) is 0 Å². The van der Waals surface area contributed by atoms with Crippen molar-refractivity contribution in [2.45, 2.75) is 31.7 Å². The van der Waals surface area contributed by atoms with E-state index in [-0.39, 0.29) is 0 Å². The third-order valence-electron chi connectivity index (χ3n) is 2.57. The van der Waals surface area contributed by atoms with Gasteiger partial charge in [-0.2, -0.15) is 0 Å². The summed E-state index contributed by atoms with van der Waals surface area (Å²) in [6.07, 6.45) is 1.07. The van der Waals surface area contributed by atoms with Crippen LogP contribution in [0.4, 0.5) is 0 Å². The van der Waals surface area contributed by atoms with Crippen LogP contribution in [0.1, 0.15) is 25.1 Å². The highest BCUT2D eigenvalue weighted by atomic mass is 79.9. The summed E-state index contributed by atoms with van der Waals surface area (Å²) in [6, 6.07) is 1.75. The van der Waals surface area contributed by atoms with E-state index in [9.17, 15) is 8.42 Å². The molecule has 1 heterocycles. The molecule has 0 aromatic carbocycles. The minimum Gasteiger partial charge on any atom is -0.312 e. The molecule has 1 aromatic heterocycles. The number of hydrogen-bond donors (Lipinski definition) is 1. The predicted octanol–water partition coefficient (Wildman–Crippen LogP) is 2.65. The van der Waals surface area contributed by atoms with E-state index in [1.54, 1.807) is 13.1 Å². The van der Waals surface area contributed by atoms with E-state index >= 15 is 0 Å². The van der Waals surface area contributed by atoms with Crippen molar-refractivity contribution in [3.8, 4) is 0 Å². The predicted molar refractivity (Wildman–Crippen MR) is 79.5 cm³/mol. The Balaban J connectivity index is 2.91. The Morgan fingerprint density at radius 3 is 2.67 bits per heavy atom. The maximum absolute atomic E-state index is 12.2. The van der Waals surface area contributed by atoms with Crippen LogP contribution in [0, 0.1) is 0 Å². The van der Waals surface area contributed by atoms with Crippen LogP contribution in [0.25, 0.3) is 0 Å². The first-order valence-electron chi connectivity index (χ1n) is 5.88. The fourth-order valence-corrected chi connectivity index (χ4v) is 5.16. The van der Waals surface area contributed by atoms with Gasteiger partial charge in [-0.05, 0) is 35.0 Å². The molecule has 0 saturated carbocycles. The molecule has 1 N–H and O–H groups in total. The standard InChI is InChI=1S/C11H19BrN2O2S2/c1-4-6-13-8-9-7-10(11(12)17-9)18(15,16)14(3)5-2/h7,13H,4-6,8H2,1-3H3. The summed E-state index contributed by atoms with van der Waals surface area (Å²) in [5, 5.41) is 3.27. The highest BCUT2D eigenvalue weighted by Crippen LogP contribution is 2.33. The van der Waals surface area contributed by atoms with Gasteiger partial charge in [0.2, 0.25) is 10.0 Å². The summed E-state index contributed by atoms with van der Waals surface area (Å²) < 4.78 is 26.4. The van der Waals surface area contributed by atoms with Crippen LogP contribution in [0.3, 0.4) is 0 Å². The lowest BCUT2D eigenvalue weighted by molar-refractivity contribution is 0.486. The van der Waals surface area contributed by atoms with Gasteiger partial charge in [-0.3, -0.25) is 0 Å². The van der Waals surface area contributed by atoms with Crippen LogP contribution in [-0.2, 0) is 16.6 Å². The molecule has 0 aliphatic heterocycles. The Morgan fingerprint density at radius 1 is 1.44 bits per heavy atom. The van der Waals surface area contributed by atoms with E-state index in [1.807, 2.05) is 6.92 Å². The Bertz CT molecular complexity index is 485. The Kier molecular flexibility index (Phi) is 6.26. The van der Waals surface area contributed by atoms with Gasteiger partial charge in [-0.1, -0.05) is 13.8 Å². The summed E-state index contributed by atoms with van der Waals surface area (Å²) in [5.74, 6) is 0. The number of nitrogens with one attached hydrogen (secondary N) is 1. The van der Waals surface area contributed by atoms with Crippen molar-refractivity contribution in [3.05, 3.63) is 14.7 Å². The van der Waals surface area contributed by atoms with E-state index in [4.69, 9.17) is 0 Å². The smallest absolute Gasteiger partial charge is 0.244 e. The maximum Gasteiger partial charge on any atom is 0.244 e. The molecule has 18 heavy (non-hydrogen) atoms. The first-order chi connectivity index (χ1) is 8.43. The number of sulfonamides is 1. The van der Waals surface area contributed by atoms with Crippen LogP contribution in [0.15, 0.2) is 14.7 Å². The second kappa shape index (κ2) is 7.00. The minimum absolute atomic E-state index is 0.366. The van der Waals surface area contributed by atoms with Crippen LogP contribution < -0.4 is 5.32 Å². The van der Waals surface area contributed by atoms with Crippen LogP contribution in [0.2, 0.25) is 0 Å². The highest BCUT2D eigenvalue weighted by molar-refractivity contribution is 9.11. The highest BCUT2D eigenvalue weighted by Gasteiger charge is 2.24. The number of hydrogen-bond acceptors (Lipinski definition) is 4. The Hall–Kier alpha value is 0.0500.